The molecule has 22 heavy (non-hydrogen) atoms. The van der Waals surface area contributed by atoms with Crippen LogP contribution >= 0.6 is 0 Å². The number of fused-ring (bicyclic) bond motifs is 1. The van der Waals surface area contributed by atoms with Gasteiger partial charge in [-0.1, -0.05) is 12.1 Å². The Hall–Kier alpha value is -3.02. The number of rotatable bonds is 3. The maximum absolute atomic E-state index is 12.5. The Morgan fingerprint density at radius 2 is 1.86 bits per heavy atom. The predicted octanol–water partition coefficient (Wildman–Crippen LogP) is 2.12. The van der Waals surface area contributed by atoms with Crippen molar-refractivity contribution in [2.24, 2.45) is 5.92 Å². The lowest BCUT2D eigenvalue weighted by atomic mass is 9.97. The molecule has 1 amide bonds. The van der Waals surface area contributed by atoms with E-state index in [-0.39, 0.29) is 28.5 Å². The number of carbonyl (C=O) groups excluding carboxylic acids is 4. The Morgan fingerprint density at radius 3 is 2.50 bits per heavy atom. The fourth-order valence-corrected chi connectivity index (χ4v) is 2.53. The van der Waals surface area contributed by atoms with Crippen LogP contribution in [0.2, 0.25) is 0 Å². The molecule has 0 saturated carbocycles. The van der Waals surface area contributed by atoms with Gasteiger partial charge in [0, 0.05) is 12.5 Å². The third kappa shape index (κ3) is 2.05. The zero-order valence-corrected chi connectivity index (χ0v) is 11.6. The average molecular weight is 297 g/mol. The molecule has 1 N–H and O–H groups in total. The molecular formula is C16H11NO5. The minimum atomic E-state index is -1.45. The van der Waals surface area contributed by atoms with Gasteiger partial charge in [0.2, 0.25) is 11.7 Å². The summed E-state index contributed by atoms with van der Waals surface area (Å²) in [5.41, 5.74) is 0.451. The minimum Gasteiger partial charge on any atom is -0.461 e. The predicted molar refractivity (Wildman–Crippen MR) is 75.9 cm³/mol. The average Bonchev–Trinajstić information content (AvgIpc) is 3.07. The number of hydrogen-bond donors (Lipinski definition) is 1. The van der Waals surface area contributed by atoms with Crippen molar-refractivity contribution in [2.75, 3.05) is 5.32 Å². The van der Waals surface area contributed by atoms with Crippen LogP contribution in [-0.4, -0.2) is 23.3 Å². The molecule has 3 rings (SSSR count). The molecule has 0 bridgehead atoms. The second-order valence-electron chi connectivity index (χ2n) is 4.91. The summed E-state index contributed by atoms with van der Waals surface area (Å²) in [6.07, 6.45) is 1.30. The molecule has 6 nitrogen and oxygen atoms in total. The van der Waals surface area contributed by atoms with E-state index in [1.54, 1.807) is 6.07 Å². The van der Waals surface area contributed by atoms with Crippen molar-refractivity contribution in [3.05, 3.63) is 53.5 Å². The second kappa shape index (κ2) is 5.07. The summed E-state index contributed by atoms with van der Waals surface area (Å²) in [5.74, 6) is -3.73. The van der Waals surface area contributed by atoms with Gasteiger partial charge in [-0.25, -0.2) is 0 Å². The monoisotopic (exact) mass is 297 g/mol. The molecular weight excluding hydrogens is 286 g/mol. The van der Waals surface area contributed by atoms with E-state index in [0.29, 0.717) is 0 Å². The maximum Gasteiger partial charge on any atom is 0.221 e. The summed E-state index contributed by atoms with van der Waals surface area (Å²) in [6, 6.07) is 7.45. The van der Waals surface area contributed by atoms with Crippen LogP contribution < -0.4 is 5.32 Å². The summed E-state index contributed by atoms with van der Waals surface area (Å²) in [4.78, 5) is 48.4. The minimum absolute atomic E-state index is 0.0411. The Balaban J connectivity index is 2.05. The largest absolute Gasteiger partial charge is 0.461 e. The van der Waals surface area contributed by atoms with Crippen LogP contribution in [0.4, 0.5) is 5.69 Å². The van der Waals surface area contributed by atoms with Gasteiger partial charge in [-0.05, 0) is 18.2 Å². The number of benzene rings is 1. The fraction of sp³-hybridized carbons (Fsp3) is 0.125. The molecule has 0 fully saturated rings. The number of carbonyl (C=O) groups is 4. The highest BCUT2D eigenvalue weighted by atomic mass is 16.3. The molecule has 1 heterocycles. The number of Topliss-reactive ketones (excluding diaryl/α,β-unsaturated/α-hetero) is 3. The Kier molecular flexibility index (Phi) is 3.21. The summed E-state index contributed by atoms with van der Waals surface area (Å²) in [6.45, 7) is 1.30. The van der Waals surface area contributed by atoms with Crippen molar-refractivity contribution >= 4 is 28.9 Å². The zero-order chi connectivity index (χ0) is 15.9. The van der Waals surface area contributed by atoms with Crippen LogP contribution in [0.3, 0.4) is 0 Å². The second-order valence-corrected chi connectivity index (χ2v) is 4.91. The molecule has 2 aromatic rings. The Bertz CT molecular complexity index is 804. The third-order valence-corrected chi connectivity index (χ3v) is 3.44. The van der Waals surface area contributed by atoms with E-state index in [0.717, 1.165) is 0 Å². The normalized spacial score (nSPS) is 16.5. The standard InChI is InChI=1S/C16H11NO5/c1-8(18)17-10-5-2-4-9-12(10)16(21)13(14(9)19)15(20)11-6-3-7-22-11/h2-7,13H,1H3,(H,17,18). The Labute approximate surface area is 125 Å². The number of hydrogen-bond acceptors (Lipinski definition) is 5. The zero-order valence-electron chi connectivity index (χ0n) is 11.6. The van der Waals surface area contributed by atoms with Crippen molar-refractivity contribution in [1.82, 2.24) is 0 Å². The molecule has 1 aliphatic rings. The molecule has 0 radical (unpaired) electrons. The van der Waals surface area contributed by atoms with Gasteiger partial charge in [0.15, 0.2) is 23.2 Å². The number of nitrogens with one attached hydrogen (secondary N) is 1. The van der Waals surface area contributed by atoms with Gasteiger partial charge in [-0.15, -0.1) is 0 Å². The van der Waals surface area contributed by atoms with Crippen molar-refractivity contribution in [2.45, 2.75) is 6.92 Å². The first-order valence-electron chi connectivity index (χ1n) is 6.57. The fourth-order valence-electron chi connectivity index (χ4n) is 2.53. The summed E-state index contributed by atoms with van der Waals surface area (Å²) >= 11 is 0. The molecule has 0 spiro atoms. The van der Waals surface area contributed by atoms with E-state index in [4.69, 9.17) is 4.42 Å². The molecule has 1 aliphatic carbocycles. The highest BCUT2D eigenvalue weighted by molar-refractivity contribution is 6.39. The highest BCUT2D eigenvalue weighted by Gasteiger charge is 2.45. The summed E-state index contributed by atoms with van der Waals surface area (Å²) in [5, 5.41) is 2.50. The number of ketones is 3. The SMILES string of the molecule is CC(=O)Nc1cccc2c1C(=O)C(C(=O)c1ccco1)C2=O. The highest BCUT2D eigenvalue weighted by Crippen LogP contribution is 2.34. The third-order valence-electron chi connectivity index (χ3n) is 3.44. The molecule has 6 heteroatoms. The lowest BCUT2D eigenvalue weighted by Gasteiger charge is -2.06. The van der Waals surface area contributed by atoms with Crippen molar-refractivity contribution < 1.29 is 23.6 Å². The molecule has 110 valence electrons. The van der Waals surface area contributed by atoms with E-state index < -0.39 is 23.3 Å². The van der Waals surface area contributed by atoms with Gasteiger partial charge in [-0.3, -0.25) is 19.2 Å². The van der Waals surface area contributed by atoms with E-state index in [1.807, 2.05) is 0 Å². The van der Waals surface area contributed by atoms with E-state index in [2.05, 4.69) is 5.32 Å². The molecule has 0 saturated heterocycles. The first-order valence-corrected chi connectivity index (χ1v) is 6.57. The number of anilines is 1. The van der Waals surface area contributed by atoms with Crippen LogP contribution in [0.1, 0.15) is 38.2 Å². The quantitative estimate of drug-likeness (QED) is 0.691. The lowest BCUT2D eigenvalue weighted by molar-refractivity contribution is -0.114. The van der Waals surface area contributed by atoms with Crippen LogP contribution in [0.5, 0.6) is 0 Å². The molecule has 1 aromatic carbocycles. The van der Waals surface area contributed by atoms with E-state index >= 15 is 0 Å². The van der Waals surface area contributed by atoms with Crippen molar-refractivity contribution in [3.63, 3.8) is 0 Å². The van der Waals surface area contributed by atoms with E-state index in [9.17, 15) is 19.2 Å². The number of furan rings is 1. The van der Waals surface area contributed by atoms with Gasteiger partial charge < -0.3 is 9.73 Å². The van der Waals surface area contributed by atoms with Crippen molar-refractivity contribution in [1.29, 1.82) is 0 Å². The van der Waals surface area contributed by atoms with Gasteiger partial charge in [-0.2, -0.15) is 0 Å². The molecule has 0 aliphatic heterocycles. The first kappa shape index (κ1) is 13.9. The molecule has 1 atom stereocenters. The molecule has 1 aromatic heterocycles. The van der Waals surface area contributed by atoms with Crippen LogP contribution in [-0.2, 0) is 4.79 Å². The van der Waals surface area contributed by atoms with Gasteiger partial charge in [0.1, 0.15) is 0 Å². The van der Waals surface area contributed by atoms with Crippen LogP contribution in [0.25, 0.3) is 0 Å². The maximum atomic E-state index is 12.5. The van der Waals surface area contributed by atoms with Gasteiger partial charge in [0.05, 0.1) is 17.5 Å². The summed E-state index contributed by atoms with van der Waals surface area (Å²) in [7, 11) is 0. The summed E-state index contributed by atoms with van der Waals surface area (Å²) < 4.78 is 4.97. The smallest absolute Gasteiger partial charge is 0.221 e. The number of amides is 1. The molecule has 1 unspecified atom stereocenters. The van der Waals surface area contributed by atoms with Crippen molar-refractivity contribution in [3.8, 4) is 0 Å². The van der Waals surface area contributed by atoms with E-state index in [1.165, 1.54) is 37.5 Å². The topological polar surface area (TPSA) is 93.4 Å². The van der Waals surface area contributed by atoms with Crippen LogP contribution in [0, 0.1) is 5.92 Å². The van der Waals surface area contributed by atoms with Gasteiger partial charge >= 0.3 is 0 Å². The van der Waals surface area contributed by atoms with Crippen LogP contribution in [0.15, 0.2) is 41.0 Å². The Morgan fingerprint density at radius 1 is 1.09 bits per heavy atom. The van der Waals surface area contributed by atoms with Gasteiger partial charge in [0.25, 0.3) is 0 Å². The first-order chi connectivity index (χ1) is 10.5. The lowest BCUT2D eigenvalue weighted by Crippen LogP contribution is -2.25.